The van der Waals surface area contributed by atoms with Crippen LogP contribution in [0.5, 0.6) is 0 Å². The molecule has 0 fully saturated rings. The van der Waals surface area contributed by atoms with Crippen LogP contribution >= 0.6 is 0 Å². The smallest absolute Gasteiger partial charge is 0.235 e. The molecule has 294 valence electrons. The van der Waals surface area contributed by atoms with Gasteiger partial charge in [0.05, 0.1) is 33.5 Å². The van der Waals surface area contributed by atoms with Gasteiger partial charge in [-0.25, -0.2) is 9.97 Å². The number of hydrogen-bond donors (Lipinski definition) is 0. The van der Waals surface area contributed by atoms with E-state index in [2.05, 4.69) is 209 Å². The molecule has 5 nitrogen and oxygen atoms in total. The highest BCUT2D eigenvalue weighted by atomic mass is 16.3. The minimum absolute atomic E-state index is 0.608. The fraction of sp³-hybridized carbons (Fsp3) is 0. The Labute approximate surface area is 362 Å². The number of nitrogens with zero attached hydrogens (tertiary/aromatic N) is 4. The lowest BCUT2D eigenvalue weighted by molar-refractivity contribution is 0.669. The number of benzene rings is 9. The molecule has 13 aromatic rings. The van der Waals surface area contributed by atoms with E-state index < -0.39 is 0 Å². The lowest BCUT2D eigenvalue weighted by Gasteiger charge is -2.14. The van der Waals surface area contributed by atoms with Gasteiger partial charge in [0.25, 0.3) is 0 Å². The van der Waals surface area contributed by atoms with Crippen molar-refractivity contribution in [2.45, 2.75) is 0 Å². The third-order valence-corrected chi connectivity index (χ3v) is 12.6. The van der Waals surface area contributed by atoms with Crippen LogP contribution in [0.2, 0.25) is 0 Å². The molecule has 0 aliphatic carbocycles. The highest BCUT2D eigenvalue weighted by Gasteiger charge is 2.23. The van der Waals surface area contributed by atoms with Crippen molar-refractivity contribution in [1.29, 1.82) is 0 Å². The van der Waals surface area contributed by atoms with Crippen LogP contribution in [-0.4, -0.2) is 19.1 Å². The summed E-state index contributed by atoms with van der Waals surface area (Å²) in [5, 5.41) is 9.09. The van der Waals surface area contributed by atoms with Crippen LogP contribution in [0.3, 0.4) is 0 Å². The zero-order chi connectivity index (χ0) is 41.4. The Morgan fingerprint density at radius 3 is 1.83 bits per heavy atom. The molecular formula is C58H36N4O. The first-order valence-corrected chi connectivity index (χ1v) is 21.3. The van der Waals surface area contributed by atoms with Gasteiger partial charge in [-0.1, -0.05) is 158 Å². The minimum atomic E-state index is 0.608. The van der Waals surface area contributed by atoms with Crippen LogP contribution in [0.1, 0.15) is 11.1 Å². The largest absolute Gasteiger partial charge is 0.456 e. The average Bonchev–Trinajstić information content (AvgIpc) is 4.01. The molecule has 13 rings (SSSR count). The molecule has 5 heteroatoms. The Kier molecular flexibility index (Phi) is 7.84. The number of rotatable bonds is 6. The number of para-hydroxylation sites is 5. The molecule has 0 spiro atoms. The Balaban J connectivity index is 1.06. The first-order chi connectivity index (χ1) is 31.3. The SMILES string of the molecule is C(=C\c1c(-c2ccccc2)n(-c2nc(-c3ccc4oc5ccccc5c4c3)c3ccccc3n2)c2ccccc12)/c1cc2c3ccccc3n(-c3ccccc3)c2c2ccccc12. The molecule has 0 saturated heterocycles. The van der Waals surface area contributed by atoms with Gasteiger partial charge in [-0.3, -0.25) is 4.57 Å². The van der Waals surface area contributed by atoms with Crippen LogP contribution in [0.25, 0.3) is 123 Å². The second kappa shape index (κ2) is 14.0. The van der Waals surface area contributed by atoms with Gasteiger partial charge in [0.15, 0.2) is 0 Å². The number of furan rings is 1. The Bertz CT molecular complexity index is 3970. The van der Waals surface area contributed by atoms with Gasteiger partial charge in [-0.05, 0) is 77.2 Å². The summed E-state index contributed by atoms with van der Waals surface area (Å²) in [6.07, 6.45) is 4.59. The second-order valence-corrected chi connectivity index (χ2v) is 16.1. The Hall–Kier alpha value is -8.54. The lowest BCUT2D eigenvalue weighted by Crippen LogP contribution is -2.05. The molecule has 0 saturated carbocycles. The third-order valence-electron chi connectivity index (χ3n) is 12.6. The van der Waals surface area contributed by atoms with Gasteiger partial charge in [-0.2, -0.15) is 0 Å². The van der Waals surface area contributed by atoms with Crippen molar-refractivity contribution < 1.29 is 4.42 Å². The van der Waals surface area contributed by atoms with Crippen molar-refractivity contribution in [3.63, 3.8) is 0 Å². The Morgan fingerprint density at radius 2 is 1.02 bits per heavy atom. The summed E-state index contributed by atoms with van der Waals surface area (Å²) >= 11 is 0. The van der Waals surface area contributed by atoms with E-state index in [0.29, 0.717) is 5.95 Å². The zero-order valence-electron chi connectivity index (χ0n) is 34.0. The highest BCUT2D eigenvalue weighted by Crippen LogP contribution is 2.42. The second-order valence-electron chi connectivity index (χ2n) is 16.1. The molecule has 4 aromatic heterocycles. The monoisotopic (exact) mass is 804 g/mol. The predicted octanol–water partition coefficient (Wildman–Crippen LogP) is 15.2. The van der Waals surface area contributed by atoms with E-state index in [4.69, 9.17) is 14.4 Å². The maximum absolute atomic E-state index is 6.23. The van der Waals surface area contributed by atoms with Gasteiger partial charge in [0, 0.05) is 54.5 Å². The summed E-state index contributed by atoms with van der Waals surface area (Å²) in [4.78, 5) is 10.8. The zero-order valence-corrected chi connectivity index (χ0v) is 34.0. The molecule has 0 unspecified atom stereocenters. The van der Waals surface area contributed by atoms with Gasteiger partial charge < -0.3 is 8.98 Å². The normalized spacial score (nSPS) is 12.1. The predicted molar refractivity (Wildman–Crippen MR) is 262 cm³/mol. The van der Waals surface area contributed by atoms with Gasteiger partial charge in [0.2, 0.25) is 5.95 Å². The van der Waals surface area contributed by atoms with Crippen LogP contribution in [0.15, 0.2) is 211 Å². The van der Waals surface area contributed by atoms with Gasteiger partial charge in [0.1, 0.15) is 11.2 Å². The summed E-state index contributed by atoms with van der Waals surface area (Å²) in [7, 11) is 0. The number of hydrogen-bond acceptors (Lipinski definition) is 3. The summed E-state index contributed by atoms with van der Waals surface area (Å²) < 4.78 is 10.9. The van der Waals surface area contributed by atoms with Crippen molar-refractivity contribution in [3.8, 4) is 34.2 Å². The van der Waals surface area contributed by atoms with E-state index in [0.717, 1.165) is 83.1 Å². The van der Waals surface area contributed by atoms with E-state index >= 15 is 0 Å². The molecule has 0 amide bonds. The number of aromatic nitrogens is 4. The minimum Gasteiger partial charge on any atom is -0.456 e. The molecule has 0 atom stereocenters. The molecule has 9 aromatic carbocycles. The van der Waals surface area contributed by atoms with Crippen LogP contribution in [-0.2, 0) is 0 Å². The lowest BCUT2D eigenvalue weighted by atomic mass is 9.98. The van der Waals surface area contributed by atoms with Crippen LogP contribution < -0.4 is 0 Å². The fourth-order valence-electron chi connectivity index (χ4n) is 9.79. The standard InChI is InChI=1S/C58H36N4O/c1-3-17-37(18-4-1)56-46(33-31-38-35-49-43-23-11-14-28-51(43)61(40-19-5-2-6-20-40)57(49)45-25-8-7-21-41(38)45)42-22-10-15-29-52(42)62(56)58-59-50-27-13-9-26-47(50)55(60-58)39-32-34-54-48(36-39)44-24-12-16-30-53(44)63-54/h1-36H/b33-31+. The van der Waals surface area contributed by atoms with Crippen molar-refractivity contribution in [1.82, 2.24) is 19.1 Å². The van der Waals surface area contributed by atoms with Crippen molar-refractivity contribution >= 4 is 88.5 Å². The van der Waals surface area contributed by atoms with Crippen LogP contribution in [0.4, 0.5) is 0 Å². The van der Waals surface area contributed by atoms with Crippen LogP contribution in [0, 0.1) is 0 Å². The Morgan fingerprint density at radius 1 is 0.397 bits per heavy atom. The van der Waals surface area contributed by atoms with E-state index in [1.807, 2.05) is 18.2 Å². The molecule has 0 N–H and O–H groups in total. The summed E-state index contributed by atoms with van der Waals surface area (Å²) in [5.74, 6) is 0.608. The fourth-order valence-corrected chi connectivity index (χ4v) is 9.79. The van der Waals surface area contributed by atoms with E-state index in [-0.39, 0.29) is 0 Å². The molecule has 63 heavy (non-hydrogen) atoms. The van der Waals surface area contributed by atoms with E-state index in [1.165, 1.54) is 32.6 Å². The first-order valence-electron chi connectivity index (χ1n) is 21.3. The topological polar surface area (TPSA) is 48.8 Å². The van der Waals surface area contributed by atoms with Crippen molar-refractivity contribution in [2.75, 3.05) is 0 Å². The summed E-state index contributed by atoms with van der Waals surface area (Å²) in [6.45, 7) is 0. The average molecular weight is 805 g/mol. The molecule has 0 bridgehead atoms. The van der Waals surface area contributed by atoms with Gasteiger partial charge >= 0.3 is 0 Å². The molecule has 0 aliphatic heterocycles. The molecule has 0 radical (unpaired) electrons. The quantitative estimate of drug-likeness (QED) is 0.168. The van der Waals surface area contributed by atoms with E-state index in [1.54, 1.807) is 0 Å². The molecular weight excluding hydrogens is 769 g/mol. The number of fused-ring (bicyclic) bond motifs is 10. The molecule has 4 heterocycles. The first kappa shape index (κ1) is 35.2. The molecule has 0 aliphatic rings. The van der Waals surface area contributed by atoms with Gasteiger partial charge in [-0.15, -0.1) is 0 Å². The highest BCUT2D eigenvalue weighted by molar-refractivity contribution is 6.21. The maximum Gasteiger partial charge on any atom is 0.235 e. The van der Waals surface area contributed by atoms with E-state index in [9.17, 15) is 0 Å². The summed E-state index contributed by atoms with van der Waals surface area (Å²) in [6, 6.07) is 72.8. The maximum atomic E-state index is 6.23. The summed E-state index contributed by atoms with van der Waals surface area (Å²) in [5.41, 5.74) is 13.4. The van der Waals surface area contributed by atoms with Crippen molar-refractivity contribution in [2.24, 2.45) is 0 Å². The van der Waals surface area contributed by atoms with Crippen molar-refractivity contribution in [3.05, 3.63) is 217 Å². The third kappa shape index (κ3) is 5.50.